The molecule has 0 atom stereocenters. The first-order valence-electron chi connectivity index (χ1n) is 7.66. The number of benzene rings is 1. The number of aromatic nitrogens is 2. The summed E-state index contributed by atoms with van der Waals surface area (Å²) in [7, 11) is -3.43. The third-order valence-corrected chi connectivity index (χ3v) is 5.90. The molecule has 0 saturated carbocycles. The topological polar surface area (TPSA) is 102 Å². The quantitative estimate of drug-likeness (QED) is 0.624. The molecule has 7 nitrogen and oxygen atoms in total. The molecule has 1 N–H and O–H groups in total. The second-order valence-corrected chi connectivity index (χ2v) is 8.31. The van der Waals surface area contributed by atoms with Gasteiger partial charge in [0.2, 0.25) is 5.89 Å². The number of aryl methyl sites for hydroxylation is 1. The van der Waals surface area contributed by atoms with Crippen LogP contribution in [0.3, 0.4) is 0 Å². The highest BCUT2D eigenvalue weighted by Crippen LogP contribution is 2.14. The largest absolute Gasteiger partial charge is 0.408 e. The van der Waals surface area contributed by atoms with Crippen LogP contribution in [0, 0.1) is 0 Å². The number of hydrogen-bond donors (Lipinski definition) is 1. The maximum Gasteiger partial charge on any atom is 0.322 e. The molecule has 3 aromatic rings. The van der Waals surface area contributed by atoms with E-state index in [1.54, 1.807) is 24.3 Å². The van der Waals surface area contributed by atoms with Gasteiger partial charge in [0, 0.05) is 17.4 Å². The predicted molar refractivity (Wildman–Crippen MR) is 98.5 cm³/mol. The van der Waals surface area contributed by atoms with Gasteiger partial charge in [0.15, 0.2) is 9.84 Å². The Morgan fingerprint density at radius 1 is 1.15 bits per heavy atom. The van der Waals surface area contributed by atoms with Gasteiger partial charge in [-0.15, -0.1) is 16.4 Å². The van der Waals surface area contributed by atoms with E-state index in [0.29, 0.717) is 0 Å². The monoisotopic (exact) mass is 389 g/mol. The molecule has 2 aromatic heterocycles. The fourth-order valence-corrected chi connectivity index (χ4v) is 3.93. The van der Waals surface area contributed by atoms with Gasteiger partial charge in [-0.1, -0.05) is 29.4 Å². The Balaban J connectivity index is 1.55. The molecule has 3 rings (SSSR count). The Labute approximate surface area is 154 Å². The normalized spacial score (nSPS) is 11.7. The van der Waals surface area contributed by atoms with Crippen molar-refractivity contribution in [1.29, 1.82) is 0 Å². The number of hydrogen-bond acceptors (Lipinski definition) is 7. The van der Waals surface area contributed by atoms with Crippen molar-refractivity contribution in [3.05, 3.63) is 64.7 Å². The van der Waals surface area contributed by atoms with Crippen molar-refractivity contribution in [1.82, 2.24) is 10.2 Å². The lowest BCUT2D eigenvalue weighted by Gasteiger charge is -2.01. The molecule has 0 fully saturated rings. The van der Waals surface area contributed by atoms with E-state index in [0.717, 1.165) is 4.88 Å². The molecule has 0 saturated heterocycles. The highest BCUT2D eigenvalue weighted by Gasteiger charge is 2.16. The van der Waals surface area contributed by atoms with E-state index in [2.05, 4.69) is 15.5 Å². The molecule has 0 radical (unpaired) electrons. The number of amides is 1. The van der Waals surface area contributed by atoms with Gasteiger partial charge in [0.25, 0.3) is 5.91 Å². The molecule has 134 valence electrons. The van der Waals surface area contributed by atoms with Crippen LogP contribution in [0.5, 0.6) is 0 Å². The van der Waals surface area contributed by atoms with Gasteiger partial charge in [0.1, 0.15) is 0 Å². The Morgan fingerprint density at radius 3 is 2.69 bits per heavy atom. The van der Waals surface area contributed by atoms with E-state index in [4.69, 9.17) is 4.42 Å². The van der Waals surface area contributed by atoms with Crippen LogP contribution in [0.1, 0.15) is 10.8 Å². The fraction of sp³-hybridized carbons (Fsp3) is 0.118. The van der Waals surface area contributed by atoms with Crippen molar-refractivity contribution in [3.8, 4) is 0 Å². The van der Waals surface area contributed by atoms with Gasteiger partial charge < -0.3 is 4.42 Å². The molecule has 1 aromatic carbocycles. The third-order valence-electron chi connectivity index (χ3n) is 3.33. The molecule has 2 heterocycles. The molecular formula is C17H15N3O4S2. The first-order chi connectivity index (χ1) is 12.5. The lowest BCUT2D eigenvalue weighted by molar-refractivity contribution is -0.112. The number of carbonyl (C=O) groups excluding carboxylic acids is 1. The van der Waals surface area contributed by atoms with Crippen LogP contribution in [0.15, 0.2) is 63.2 Å². The first kappa shape index (κ1) is 18.0. The van der Waals surface area contributed by atoms with Crippen molar-refractivity contribution in [2.75, 3.05) is 11.1 Å². The second-order valence-electron chi connectivity index (χ2n) is 5.22. The molecular weight excluding hydrogens is 374 g/mol. The summed E-state index contributed by atoms with van der Waals surface area (Å²) in [5.41, 5.74) is 0. The van der Waals surface area contributed by atoms with Crippen molar-refractivity contribution < 1.29 is 17.6 Å². The van der Waals surface area contributed by atoms with E-state index < -0.39 is 15.7 Å². The standard InChI is InChI=1S/C17H15N3O4S2/c21-15(9-8-13-5-4-11-25-13)18-17-20-19-16(24-17)10-12-26(22,23)14-6-2-1-3-7-14/h1-9,11H,10,12H2,(H,18,20,21)/b9-8+. The molecule has 26 heavy (non-hydrogen) atoms. The number of rotatable bonds is 7. The molecule has 0 unspecified atom stereocenters. The summed E-state index contributed by atoms with van der Waals surface area (Å²) in [4.78, 5) is 13.0. The van der Waals surface area contributed by atoms with Crippen molar-refractivity contribution in [2.45, 2.75) is 11.3 Å². The Hall–Kier alpha value is -2.78. The summed E-state index contributed by atoms with van der Waals surface area (Å²) in [6.07, 6.45) is 3.09. The maximum absolute atomic E-state index is 12.2. The van der Waals surface area contributed by atoms with E-state index in [1.807, 2.05) is 17.5 Å². The minimum absolute atomic E-state index is 0.0606. The van der Waals surface area contributed by atoms with Gasteiger partial charge >= 0.3 is 6.01 Å². The summed E-state index contributed by atoms with van der Waals surface area (Å²) in [6, 6.07) is 11.8. The lowest BCUT2D eigenvalue weighted by Crippen LogP contribution is -2.09. The molecule has 0 aliphatic carbocycles. The number of carbonyl (C=O) groups is 1. The van der Waals surface area contributed by atoms with E-state index in [1.165, 1.54) is 29.5 Å². The summed E-state index contributed by atoms with van der Waals surface area (Å²) in [5.74, 6) is -0.433. The highest BCUT2D eigenvalue weighted by atomic mass is 32.2. The zero-order valence-electron chi connectivity index (χ0n) is 13.5. The molecule has 0 spiro atoms. The summed E-state index contributed by atoms with van der Waals surface area (Å²) in [6.45, 7) is 0. The zero-order chi connectivity index (χ0) is 18.4. The van der Waals surface area contributed by atoms with Crippen molar-refractivity contribution >= 4 is 39.2 Å². The van der Waals surface area contributed by atoms with Crippen LogP contribution in [0.25, 0.3) is 6.08 Å². The predicted octanol–water partition coefficient (Wildman–Crippen LogP) is 2.80. The van der Waals surface area contributed by atoms with Gasteiger partial charge in [-0.05, 0) is 29.7 Å². The Morgan fingerprint density at radius 2 is 1.96 bits per heavy atom. The molecule has 9 heteroatoms. The molecule has 0 bridgehead atoms. The maximum atomic E-state index is 12.2. The van der Waals surface area contributed by atoms with Gasteiger partial charge in [-0.25, -0.2) is 8.42 Å². The third kappa shape index (κ3) is 4.87. The van der Waals surface area contributed by atoms with E-state index in [-0.39, 0.29) is 29.0 Å². The summed E-state index contributed by atoms with van der Waals surface area (Å²) in [5, 5.41) is 11.8. The van der Waals surface area contributed by atoms with Crippen LogP contribution in [0.2, 0.25) is 0 Å². The van der Waals surface area contributed by atoms with Crippen LogP contribution >= 0.6 is 11.3 Å². The van der Waals surface area contributed by atoms with Crippen LogP contribution < -0.4 is 5.32 Å². The minimum atomic E-state index is -3.43. The average molecular weight is 389 g/mol. The van der Waals surface area contributed by atoms with Crippen LogP contribution in [-0.4, -0.2) is 30.3 Å². The first-order valence-corrected chi connectivity index (χ1v) is 10.2. The van der Waals surface area contributed by atoms with Crippen LogP contribution in [-0.2, 0) is 21.1 Å². The lowest BCUT2D eigenvalue weighted by atomic mass is 10.4. The van der Waals surface area contributed by atoms with Gasteiger partial charge in [-0.3, -0.25) is 10.1 Å². The fourth-order valence-electron chi connectivity index (χ4n) is 2.06. The van der Waals surface area contributed by atoms with Crippen molar-refractivity contribution in [3.63, 3.8) is 0 Å². The second kappa shape index (κ2) is 8.07. The number of thiophene rings is 1. The highest BCUT2D eigenvalue weighted by molar-refractivity contribution is 7.91. The van der Waals surface area contributed by atoms with Crippen molar-refractivity contribution in [2.24, 2.45) is 0 Å². The number of anilines is 1. The minimum Gasteiger partial charge on any atom is -0.408 e. The van der Waals surface area contributed by atoms with Gasteiger partial charge in [-0.2, -0.15) is 0 Å². The molecule has 1 amide bonds. The number of nitrogens with zero attached hydrogens (tertiary/aromatic N) is 2. The zero-order valence-corrected chi connectivity index (χ0v) is 15.2. The van der Waals surface area contributed by atoms with Gasteiger partial charge in [0.05, 0.1) is 10.6 Å². The molecule has 0 aliphatic heterocycles. The van der Waals surface area contributed by atoms with Crippen LogP contribution in [0.4, 0.5) is 6.01 Å². The number of nitrogens with one attached hydrogen (secondary N) is 1. The van der Waals surface area contributed by atoms with E-state index in [9.17, 15) is 13.2 Å². The smallest absolute Gasteiger partial charge is 0.322 e. The van der Waals surface area contributed by atoms with E-state index >= 15 is 0 Å². The summed E-state index contributed by atoms with van der Waals surface area (Å²) < 4.78 is 29.7. The summed E-state index contributed by atoms with van der Waals surface area (Å²) >= 11 is 1.51. The number of sulfone groups is 1. The Kier molecular flexibility index (Phi) is 5.59. The molecule has 0 aliphatic rings. The Bertz CT molecular complexity index is 994. The SMILES string of the molecule is O=C(/C=C/c1cccs1)Nc1nnc(CCS(=O)(=O)c2ccccc2)o1. The average Bonchev–Trinajstić information content (AvgIpc) is 3.31.